The van der Waals surface area contributed by atoms with E-state index in [1.807, 2.05) is 6.92 Å². The molecule has 0 amide bonds. The van der Waals surface area contributed by atoms with Gasteiger partial charge in [0.1, 0.15) is 0 Å². The van der Waals surface area contributed by atoms with E-state index in [2.05, 4.69) is 9.98 Å². The fourth-order valence-corrected chi connectivity index (χ4v) is 1.87. The predicted molar refractivity (Wildman–Crippen MR) is 51.5 cm³/mol. The molecule has 1 fully saturated rings. The first-order valence-electron chi connectivity index (χ1n) is 4.83. The summed E-state index contributed by atoms with van der Waals surface area (Å²) in [6.45, 7) is 2.53. The third kappa shape index (κ3) is 2.91. The van der Waals surface area contributed by atoms with Crippen LogP contribution in [0.15, 0.2) is 9.98 Å². The van der Waals surface area contributed by atoms with E-state index in [-0.39, 0.29) is 5.54 Å². The molecule has 0 saturated heterocycles. The average Bonchev–Trinajstić information content (AvgIpc) is 2.17. The molecule has 0 heterocycles. The van der Waals surface area contributed by atoms with Crippen molar-refractivity contribution in [2.75, 3.05) is 6.54 Å². The van der Waals surface area contributed by atoms with Crippen LogP contribution in [-0.4, -0.2) is 24.2 Å². The van der Waals surface area contributed by atoms with Crippen molar-refractivity contribution in [1.29, 1.82) is 0 Å². The summed E-state index contributed by atoms with van der Waals surface area (Å²) in [6, 6.07) is 0. The Morgan fingerprint density at radius 2 is 1.93 bits per heavy atom. The van der Waals surface area contributed by atoms with Crippen molar-refractivity contribution in [2.24, 2.45) is 15.9 Å². The van der Waals surface area contributed by atoms with Crippen LogP contribution in [0.25, 0.3) is 0 Å². The van der Waals surface area contributed by atoms with Gasteiger partial charge in [0.15, 0.2) is 0 Å². The lowest BCUT2D eigenvalue weighted by Gasteiger charge is -2.32. The summed E-state index contributed by atoms with van der Waals surface area (Å²) in [6.07, 6.45) is 6.86. The van der Waals surface area contributed by atoms with Gasteiger partial charge in [0.25, 0.3) is 0 Å². The maximum atomic E-state index is 10.2. The molecular weight excluding hydrogens is 180 g/mol. The molecule has 4 heteroatoms. The van der Waals surface area contributed by atoms with Gasteiger partial charge in [-0.3, -0.25) is 0 Å². The molecule has 0 atom stereocenters. The zero-order chi connectivity index (χ0) is 10.4. The number of hydrogen-bond donors (Lipinski definition) is 0. The summed E-state index contributed by atoms with van der Waals surface area (Å²) in [5, 5.41) is 0. The number of rotatable bonds is 3. The van der Waals surface area contributed by atoms with E-state index in [9.17, 15) is 9.59 Å². The lowest BCUT2D eigenvalue weighted by molar-refractivity contribution is 0.257. The molecule has 0 bridgehead atoms. The summed E-state index contributed by atoms with van der Waals surface area (Å²) >= 11 is 0. The Kier molecular flexibility index (Phi) is 3.75. The summed E-state index contributed by atoms with van der Waals surface area (Å²) in [7, 11) is 0. The molecule has 0 aromatic rings. The predicted octanol–water partition coefficient (Wildman–Crippen LogP) is 1.61. The van der Waals surface area contributed by atoms with Crippen molar-refractivity contribution in [3.05, 3.63) is 0 Å². The first-order chi connectivity index (χ1) is 6.70. The number of nitrogens with zero attached hydrogens (tertiary/aromatic N) is 2. The topological polar surface area (TPSA) is 58.9 Å². The average molecular weight is 194 g/mol. The molecule has 1 rings (SSSR count). The molecule has 76 valence electrons. The SMILES string of the molecule is CC1(N=C=O)CCC(CN=C=O)CC1. The number of aliphatic imine (C=N–C) groups is 2. The van der Waals surface area contributed by atoms with Gasteiger partial charge < -0.3 is 0 Å². The van der Waals surface area contributed by atoms with Crippen LogP contribution >= 0.6 is 0 Å². The van der Waals surface area contributed by atoms with Gasteiger partial charge in [-0.15, -0.1) is 0 Å². The minimum atomic E-state index is -0.233. The fourth-order valence-electron chi connectivity index (χ4n) is 1.87. The molecular formula is C10H14N2O2. The Morgan fingerprint density at radius 1 is 1.29 bits per heavy atom. The van der Waals surface area contributed by atoms with Crippen LogP contribution in [0.1, 0.15) is 32.6 Å². The van der Waals surface area contributed by atoms with Crippen molar-refractivity contribution in [1.82, 2.24) is 0 Å². The molecule has 0 spiro atoms. The molecule has 4 nitrogen and oxygen atoms in total. The van der Waals surface area contributed by atoms with Crippen molar-refractivity contribution < 1.29 is 9.59 Å². The highest BCUT2D eigenvalue weighted by atomic mass is 16.1. The van der Waals surface area contributed by atoms with E-state index >= 15 is 0 Å². The first-order valence-corrected chi connectivity index (χ1v) is 4.83. The molecule has 0 unspecified atom stereocenters. The molecule has 0 aromatic carbocycles. The van der Waals surface area contributed by atoms with Crippen molar-refractivity contribution in [3.63, 3.8) is 0 Å². The van der Waals surface area contributed by atoms with Gasteiger partial charge in [0.2, 0.25) is 12.2 Å². The van der Waals surface area contributed by atoms with Crippen LogP contribution in [0.2, 0.25) is 0 Å². The Balaban J connectivity index is 2.44. The second-order valence-corrected chi connectivity index (χ2v) is 4.08. The second kappa shape index (κ2) is 4.85. The van der Waals surface area contributed by atoms with Gasteiger partial charge >= 0.3 is 0 Å². The number of carbonyl (C=O) groups excluding carboxylic acids is 2. The smallest absolute Gasteiger partial charge is 0.211 e. The highest BCUT2D eigenvalue weighted by molar-refractivity contribution is 5.35. The van der Waals surface area contributed by atoms with E-state index in [1.54, 1.807) is 12.2 Å². The molecule has 14 heavy (non-hydrogen) atoms. The summed E-state index contributed by atoms with van der Waals surface area (Å²) in [5.74, 6) is 0.450. The van der Waals surface area contributed by atoms with Crippen LogP contribution in [0.3, 0.4) is 0 Å². The lowest BCUT2D eigenvalue weighted by Crippen LogP contribution is -2.29. The number of isocyanates is 2. The van der Waals surface area contributed by atoms with E-state index in [1.165, 1.54) is 0 Å². The molecule has 0 aromatic heterocycles. The first kappa shape index (κ1) is 10.8. The van der Waals surface area contributed by atoms with E-state index in [4.69, 9.17) is 0 Å². The second-order valence-electron chi connectivity index (χ2n) is 4.08. The van der Waals surface area contributed by atoms with Gasteiger partial charge in [-0.25, -0.2) is 14.6 Å². The third-order valence-electron chi connectivity index (χ3n) is 2.91. The summed E-state index contributed by atoms with van der Waals surface area (Å²) < 4.78 is 0. The van der Waals surface area contributed by atoms with Crippen molar-refractivity contribution in [2.45, 2.75) is 38.1 Å². The van der Waals surface area contributed by atoms with Crippen LogP contribution in [0.4, 0.5) is 0 Å². The van der Waals surface area contributed by atoms with Crippen molar-refractivity contribution >= 4 is 12.2 Å². The van der Waals surface area contributed by atoms with Crippen LogP contribution < -0.4 is 0 Å². The Morgan fingerprint density at radius 3 is 2.43 bits per heavy atom. The van der Waals surface area contributed by atoms with E-state index in [0.717, 1.165) is 25.7 Å². The van der Waals surface area contributed by atoms with E-state index in [0.29, 0.717) is 12.5 Å². The van der Waals surface area contributed by atoms with Gasteiger partial charge in [-0.2, -0.15) is 4.99 Å². The standard InChI is InChI=1S/C10H14N2O2/c1-10(12-8-14)4-2-9(3-5-10)6-11-7-13/h9H,2-6H2,1H3. The highest BCUT2D eigenvalue weighted by Crippen LogP contribution is 2.34. The maximum Gasteiger partial charge on any atom is 0.235 e. The van der Waals surface area contributed by atoms with Crippen LogP contribution in [0.5, 0.6) is 0 Å². The van der Waals surface area contributed by atoms with Crippen LogP contribution in [0, 0.1) is 5.92 Å². The molecule has 0 radical (unpaired) electrons. The maximum absolute atomic E-state index is 10.2. The van der Waals surface area contributed by atoms with Gasteiger partial charge in [-0.05, 0) is 38.5 Å². The minimum Gasteiger partial charge on any atom is -0.211 e. The molecule has 1 aliphatic rings. The highest BCUT2D eigenvalue weighted by Gasteiger charge is 2.30. The lowest BCUT2D eigenvalue weighted by atomic mass is 9.78. The fraction of sp³-hybridized carbons (Fsp3) is 0.800. The summed E-state index contributed by atoms with van der Waals surface area (Å²) in [4.78, 5) is 27.5. The monoisotopic (exact) mass is 194 g/mol. The minimum absolute atomic E-state index is 0.233. The zero-order valence-electron chi connectivity index (χ0n) is 8.32. The zero-order valence-corrected chi connectivity index (χ0v) is 8.32. The Labute approximate surface area is 83.1 Å². The largest absolute Gasteiger partial charge is 0.235 e. The molecule has 1 saturated carbocycles. The molecule has 0 aliphatic heterocycles. The van der Waals surface area contributed by atoms with Crippen LogP contribution in [-0.2, 0) is 9.59 Å². The quantitative estimate of drug-likeness (QED) is 0.506. The van der Waals surface area contributed by atoms with Gasteiger partial charge in [0.05, 0.1) is 12.1 Å². The Hall–Kier alpha value is -1.24. The molecule has 1 aliphatic carbocycles. The third-order valence-corrected chi connectivity index (χ3v) is 2.91. The summed E-state index contributed by atoms with van der Waals surface area (Å²) in [5.41, 5.74) is -0.233. The van der Waals surface area contributed by atoms with Gasteiger partial charge in [0, 0.05) is 0 Å². The Bertz CT molecular complexity index is 280. The molecule has 0 N–H and O–H groups in total. The van der Waals surface area contributed by atoms with Crippen molar-refractivity contribution in [3.8, 4) is 0 Å². The number of hydrogen-bond acceptors (Lipinski definition) is 4. The normalized spacial score (nSPS) is 31.4. The van der Waals surface area contributed by atoms with Gasteiger partial charge in [-0.1, -0.05) is 0 Å². The van der Waals surface area contributed by atoms with E-state index < -0.39 is 0 Å².